The summed E-state index contributed by atoms with van der Waals surface area (Å²) in [5.74, 6) is 1.69. The van der Waals surface area contributed by atoms with Crippen LogP contribution in [0.1, 0.15) is 11.1 Å². The number of thioether (sulfide) groups is 1. The second-order valence-corrected chi connectivity index (χ2v) is 8.20. The highest BCUT2D eigenvalue weighted by atomic mass is 32.2. The molecule has 32 heavy (non-hydrogen) atoms. The van der Waals surface area contributed by atoms with E-state index in [0.717, 1.165) is 22.6 Å². The van der Waals surface area contributed by atoms with Crippen LogP contribution in [-0.4, -0.2) is 33.5 Å². The SMILES string of the molecule is COc1ccc(-c2nnc(SCC(=O)NCc3ccccc3)n2-c2ccc(C)cc2)cc1. The van der Waals surface area contributed by atoms with Gasteiger partial charge in [-0.2, -0.15) is 0 Å². The van der Waals surface area contributed by atoms with Crippen molar-refractivity contribution in [1.82, 2.24) is 20.1 Å². The molecule has 0 bridgehead atoms. The standard InChI is InChI=1S/C25H24N4O2S/c1-18-8-12-21(13-9-18)29-24(20-10-14-22(31-2)15-11-20)27-28-25(29)32-17-23(30)26-16-19-6-4-3-5-7-19/h3-15H,16-17H2,1-2H3,(H,26,30). The molecule has 0 saturated carbocycles. The van der Waals surface area contributed by atoms with Crippen LogP contribution < -0.4 is 10.1 Å². The van der Waals surface area contributed by atoms with Gasteiger partial charge in [0.2, 0.25) is 5.91 Å². The van der Waals surface area contributed by atoms with Gasteiger partial charge in [0, 0.05) is 17.8 Å². The van der Waals surface area contributed by atoms with Crippen molar-refractivity contribution < 1.29 is 9.53 Å². The maximum atomic E-state index is 12.4. The van der Waals surface area contributed by atoms with Crippen molar-refractivity contribution in [3.05, 3.63) is 90.0 Å². The van der Waals surface area contributed by atoms with Crippen molar-refractivity contribution in [3.8, 4) is 22.8 Å². The molecule has 4 rings (SSSR count). The molecule has 6 nitrogen and oxygen atoms in total. The first kappa shape index (κ1) is 21.6. The van der Waals surface area contributed by atoms with Gasteiger partial charge in [0.15, 0.2) is 11.0 Å². The number of hydrogen-bond donors (Lipinski definition) is 1. The fraction of sp³-hybridized carbons (Fsp3) is 0.160. The molecule has 3 aromatic carbocycles. The zero-order valence-electron chi connectivity index (χ0n) is 18.0. The van der Waals surface area contributed by atoms with E-state index in [1.165, 1.54) is 17.3 Å². The number of carbonyl (C=O) groups is 1. The van der Waals surface area contributed by atoms with Gasteiger partial charge in [0.1, 0.15) is 5.75 Å². The molecule has 7 heteroatoms. The number of benzene rings is 3. The summed E-state index contributed by atoms with van der Waals surface area (Å²) < 4.78 is 7.25. The Kier molecular flexibility index (Phi) is 6.87. The van der Waals surface area contributed by atoms with E-state index >= 15 is 0 Å². The monoisotopic (exact) mass is 444 g/mol. The van der Waals surface area contributed by atoms with Gasteiger partial charge >= 0.3 is 0 Å². The fourth-order valence-electron chi connectivity index (χ4n) is 3.19. The number of rotatable bonds is 8. The van der Waals surface area contributed by atoms with Crippen molar-refractivity contribution in [2.45, 2.75) is 18.6 Å². The second kappa shape index (κ2) is 10.2. The fourth-order valence-corrected chi connectivity index (χ4v) is 3.98. The van der Waals surface area contributed by atoms with E-state index < -0.39 is 0 Å². The molecule has 0 atom stereocenters. The van der Waals surface area contributed by atoms with Crippen LogP contribution >= 0.6 is 11.8 Å². The molecular weight excluding hydrogens is 420 g/mol. The minimum absolute atomic E-state index is 0.0525. The summed E-state index contributed by atoms with van der Waals surface area (Å²) >= 11 is 1.37. The van der Waals surface area contributed by atoms with Crippen LogP contribution in [0.5, 0.6) is 5.75 Å². The third-order valence-corrected chi connectivity index (χ3v) is 5.87. The molecule has 1 aromatic heterocycles. The highest BCUT2D eigenvalue weighted by Crippen LogP contribution is 2.29. The first-order valence-electron chi connectivity index (χ1n) is 10.2. The van der Waals surface area contributed by atoms with E-state index in [2.05, 4.69) is 15.5 Å². The van der Waals surface area contributed by atoms with E-state index in [1.807, 2.05) is 90.4 Å². The van der Waals surface area contributed by atoms with E-state index in [9.17, 15) is 4.79 Å². The summed E-state index contributed by atoms with van der Waals surface area (Å²) in [6.45, 7) is 2.55. The largest absolute Gasteiger partial charge is 0.497 e. The van der Waals surface area contributed by atoms with Crippen LogP contribution in [-0.2, 0) is 11.3 Å². The van der Waals surface area contributed by atoms with E-state index in [4.69, 9.17) is 4.74 Å². The normalized spacial score (nSPS) is 10.7. The Labute approximate surface area is 191 Å². The summed E-state index contributed by atoms with van der Waals surface area (Å²) in [6, 6.07) is 25.7. The number of hydrogen-bond acceptors (Lipinski definition) is 5. The molecule has 0 fully saturated rings. The van der Waals surface area contributed by atoms with Crippen LogP contribution in [0.2, 0.25) is 0 Å². The van der Waals surface area contributed by atoms with Gasteiger partial charge < -0.3 is 10.1 Å². The molecule has 0 saturated heterocycles. The Bertz CT molecular complexity index is 1170. The summed E-state index contributed by atoms with van der Waals surface area (Å²) in [5.41, 5.74) is 4.09. The zero-order valence-corrected chi connectivity index (χ0v) is 18.8. The van der Waals surface area contributed by atoms with Crippen molar-refractivity contribution >= 4 is 17.7 Å². The number of ether oxygens (including phenoxy) is 1. The molecule has 0 spiro atoms. The Morgan fingerprint density at radius 1 is 0.969 bits per heavy atom. The molecule has 0 aliphatic carbocycles. The number of aromatic nitrogens is 3. The highest BCUT2D eigenvalue weighted by molar-refractivity contribution is 7.99. The van der Waals surface area contributed by atoms with Gasteiger partial charge in [-0.3, -0.25) is 9.36 Å². The lowest BCUT2D eigenvalue weighted by Crippen LogP contribution is -2.24. The molecule has 0 unspecified atom stereocenters. The number of nitrogens with one attached hydrogen (secondary N) is 1. The summed E-state index contributed by atoms with van der Waals surface area (Å²) in [7, 11) is 1.64. The molecule has 0 aliphatic heterocycles. The number of carbonyl (C=O) groups excluding carboxylic acids is 1. The third kappa shape index (κ3) is 5.18. The Balaban J connectivity index is 1.55. The number of nitrogens with zero attached hydrogens (tertiary/aromatic N) is 3. The lowest BCUT2D eigenvalue weighted by molar-refractivity contribution is -0.118. The number of aryl methyl sites for hydroxylation is 1. The van der Waals surface area contributed by atoms with Crippen LogP contribution in [0.4, 0.5) is 0 Å². The van der Waals surface area contributed by atoms with Gasteiger partial charge in [-0.1, -0.05) is 59.8 Å². The lowest BCUT2D eigenvalue weighted by Gasteiger charge is -2.11. The van der Waals surface area contributed by atoms with Crippen LogP contribution in [0.3, 0.4) is 0 Å². The predicted octanol–water partition coefficient (Wildman–Crippen LogP) is 4.66. The summed E-state index contributed by atoms with van der Waals surface area (Å²) in [6.07, 6.45) is 0. The molecule has 4 aromatic rings. The Hall–Kier alpha value is -3.58. The zero-order chi connectivity index (χ0) is 22.3. The maximum Gasteiger partial charge on any atom is 0.230 e. The van der Waals surface area contributed by atoms with Gasteiger partial charge in [0.05, 0.1) is 12.9 Å². The second-order valence-electron chi connectivity index (χ2n) is 7.26. The van der Waals surface area contributed by atoms with Crippen LogP contribution in [0.25, 0.3) is 17.1 Å². The molecule has 0 aliphatic rings. The number of methoxy groups -OCH3 is 1. The highest BCUT2D eigenvalue weighted by Gasteiger charge is 2.17. The average Bonchev–Trinajstić information content (AvgIpc) is 3.26. The molecular formula is C25H24N4O2S. The first-order chi connectivity index (χ1) is 15.6. The summed E-state index contributed by atoms with van der Waals surface area (Å²) in [4.78, 5) is 12.4. The van der Waals surface area contributed by atoms with Crippen molar-refractivity contribution in [3.63, 3.8) is 0 Å². The predicted molar refractivity (Wildman–Crippen MR) is 127 cm³/mol. The van der Waals surface area contributed by atoms with Gasteiger partial charge in [-0.25, -0.2) is 0 Å². The van der Waals surface area contributed by atoms with E-state index in [1.54, 1.807) is 7.11 Å². The van der Waals surface area contributed by atoms with Gasteiger partial charge in [0.25, 0.3) is 0 Å². The Morgan fingerprint density at radius 2 is 1.69 bits per heavy atom. The molecule has 0 radical (unpaired) electrons. The molecule has 1 N–H and O–H groups in total. The Morgan fingerprint density at radius 3 is 2.38 bits per heavy atom. The van der Waals surface area contributed by atoms with Crippen LogP contribution in [0, 0.1) is 6.92 Å². The minimum Gasteiger partial charge on any atom is -0.497 e. The summed E-state index contributed by atoms with van der Waals surface area (Å²) in [5, 5.41) is 12.4. The van der Waals surface area contributed by atoms with E-state index in [-0.39, 0.29) is 11.7 Å². The van der Waals surface area contributed by atoms with Crippen molar-refractivity contribution in [2.75, 3.05) is 12.9 Å². The molecule has 162 valence electrons. The van der Waals surface area contributed by atoms with Gasteiger partial charge in [-0.15, -0.1) is 10.2 Å². The quantitative estimate of drug-likeness (QED) is 0.400. The topological polar surface area (TPSA) is 69.0 Å². The molecule has 1 amide bonds. The van der Waals surface area contributed by atoms with Crippen molar-refractivity contribution in [1.29, 1.82) is 0 Å². The molecule has 1 heterocycles. The smallest absolute Gasteiger partial charge is 0.230 e. The van der Waals surface area contributed by atoms with Gasteiger partial charge in [-0.05, 0) is 48.9 Å². The third-order valence-electron chi connectivity index (χ3n) is 4.94. The van der Waals surface area contributed by atoms with Crippen LogP contribution in [0.15, 0.2) is 84.0 Å². The van der Waals surface area contributed by atoms with E-state index in [0.29, 0.717) is 17.5 Å². The number of amides is 1. The minimum atomic E-state index is -0.0525. The lowest BCUT2D eigenvalue weighted by atomic mass is 10.2. The van der Waals surface area contributed by atoms with Crippen molar-refractivity contribution in [2.24, 2.45) is 0 Å². The maximum absolute atomic E-state index is 12.4. The first-order valence-corrected chi connectivity index (χ1v) is 11.2. The average molecular weight is 445 g/mol.